The predicted octanol–water partition coefficient (Wildman–Crippen LogP) is 2.19. The number of carbonyl (C=O) groups is 1. The number of urea groups is 1. The van der Waals surface area contributed by atoms with Crippen LogP contribution in [-0.4, -0.2) is 36.1 Å². The number of pyridine rings is 1. The first-order chi connectivity index (χ1) is 12.0. The zero-order valence-electron chi connectivity index (χ0n) is 14.0. The maximum Gasteiger partial charge on any atom is 0.321 e. The molecule has 0 aliphatic rings. The summed E-state index contributed by atoms with van der Waals surface area (Å²) in [5.41, 5.74) is 0.736. The number of aromatic nitrogens is 6. The van der Waals surface area contributed by atoms with Crippen molar-refractivity contribution < 1.29 is 9.32 Å². The fraction of sp³-hybridized carbons (Fsp3) is 0.333. The number of hydrogen-bond donors (Lipinski definition) is 2. The van der Waals surface area contributed by atoms with Gasteiger partial charge in [0.1, 0.15) is 6.04 Å². The smallest absolute Gasteiger partial charge is 0.321 e. The van der Waals surface area contributed by atoms with E-state index in [0.29, 0.717) is 17.5 Å². The summed E-state index contributed by atoms with van der Waals surface area (Å²) < 4.78 is 6.85. The molecule has 3 rings (SSSR count). The second-order valence-corrected chi connectivity index (χ2v) is 5.70. The Bertz CT molecular complexity index is 842. The second kappa shape index (κ2) is 7.07. The number of hydrogen-bond acceptors (Lipinski definition) is 7. The summed E-state index contributed by atoms with van der Waals surface area (Å²) in [6, 6.07) is 2.85. The number of rotatable bonds is 5. The average molecular weight is 342 g/mol. The summed E-state index contributed by atoms with van der Waals surface area (Å²) in [4.78, 5) is 20.3. The van der Waals surface area contributed by atoms with Crippen LogP contribution in [0.2, 0.25) is 0 Å². The van der Waals surface area contributed by atoms with Crippen LogP contribution in [0.5, 0.6) is 0 Å². The van der Waals surface area contributed by atoms with E-state index in [-0.39, 0.29) is 6.04 Å². The first-order valence-electron chi connectivity index (χ1n) is 7.76. The lowest BCUT2D eigenvalue weighted by atomic mass is 10.3. The lowest BCUT2D eigenvalue weighted by Crippen LogP contribution is -2.31. The molecule has 10 nitrogen and oxygen atoms in total. The first kappa shape index (κ1) is 16.6. The Morgan fingerprint density at radius 3 is 2.84 bits per heavy atom. The van der Waals surface area contributed by atoms with Crippen molar-refractivity contribution in [2.45, 2.75) is 32.9 Å². The molecule has 0 bridgehead atoms. The van der Waals surface area contributed by atoms with Crippen LogP contribution in [0.25, 0.3) is 11.4 Å². The highest BCUT2D eigenvalue weighted by molar-refractivity contribution is 5.88. The molecule has 0 fully saturated rings. The quantitative estimate of drug-likeness (QED) is 0.728. The van der Waals surface area contributed by atoms with Crippen molar-refractivity contribution in [3.8, 4) is 11.4 Å². The SMILES string of the molecule is CC(C)n1cc(NC(=O)N[C@@H](C)c2nc(-c3cccnc3)no2)nn1. The summed E-state index contributed by atoms with van der Waals surface area (Å²) in [5, 5.41) is 17.0. The molecule has 2 N–H and O–H groups in total. The van der Waals surface area contributed by atoms with E-state index < -0.39 is 12.1 Å². The third-order valence-electron chi connectivity index (χ3n) is 3.36. The molecule has 3 heterocycles. The summed E-state index contributed by atoms with van der Waals surface area (Å²) in [6.07, 6.45) is 4.95. The summed E-state index contributed by atoms with van der Waals surface area (Å²) >= 11 is 0. The highest BCUT2D eigenvalue weighted by Gasteiger charge is 2.18. The van der Waals surface area contributed by atoms with E-state index in [4.69, 9.17) is 4.52 Å². The third-order valence-corrected chi connectivity index (χ3v) is 3.36. The van der Waals surface area contributed by atoms with Gasteiger partial charge in [0.2, 0.25) is 11.7 Å². The van der Waals surface area contributed by atoms with Gasteiger partial charge >= 0.3 is 6.03 Å². The van der Waals surface area contributed by atoms with Crippen LogP contribution in [0.4, 0.5) is 10.6 Å². The zero-order chi connectivity index (χ0) is 17.8. The number of nitrogens with zero attached hydrogens (tertiary/aromatic N) is 6. The topological polar surface area (TPSA) is 124 Å². The fourth-order valence-corrected chi connectivity index (χ4v) is 2.02. The van der Waals surface area contributed by atoms with Crippen molar-refractivity contribution >= 4 is 11.8 Å². The van der Waals surface area contributed by atoms with Crippen LogP contribution < -0.4 is 10.6 Å². The highest BCUT2D eigenvalue weighted by Crippen LogP contribution is 2.17. The van der Waals surface area contributed by atoms with Gasteiger partial charge in [0.25, 0.3) is 0 Å². The van der Waals surface area contributed by atoms with Crippen molar-refractivity contribution in [1.82, 2.24) is 35.4 Å². The summed E-state index contributed by atoms with van der Waals surface area (Å²) in [6.45, 7) is 5.68. The molecule has 25 heavy (non-hydrogen) atoms. The van der Waals surface area contributed by atoms with Gasteiger partial charge in [-0.2, -0.15) is 4.98 Å². The van der Waals surface area contributed by atoms with E-state index >= 15 is 0 Å². The van der Waals surface area contributed by atoms with E-state index in [2.05, 4.69) is 36.1 Å². The minimum absolute atomic E-state index is 0.161. The van der Waals surface area contributed by atoms with Crippen molar-refractivity contribution in [2.75, 3.05) is 5.32 Å². The molecule has 0 saturated carbocycles. The molecule has 130 valence electrons. The third kappa shape index (κ3) is 3.97. The molecule has 0 spiro atoms. The van der Waals surface area contributed by atoms with Gasteiger partial charge in [-0.15, -0.1) is 5.10 Å². The van der Waals surface area contributed by atoms with E-state index in [1.165, 1.54) is 0 Å². The van der Waals surface area contributed by atoms with Crippen LogP contribution in [0.15, 0.2) is 35.2 Å². The molecule has 0 unspecified atom stereocenters. The minimum atomic E-state index is -0.474. The van der Waals surface area contributed by atoms with Gasteiger partial charge in [0, 0.05) is 24.0 Å². The lowest BCUT2D eigenvalue weighted by molar-refractivity contribution is 0.245. The lowest BCUT2D eigenvalue weighted by Gasteiger charge is -2.09. The fourth-order valence-electron chi connectivity index (χ4n) is 2.02. The van der Waals surface area contributed by atoms with E-state index in [1.807, 2.05) is 19.9 Å². The van der Waals surface area contributed by atoms with Gasteiger partial charge < -0.3 is 9.84 Å². The van der Waals surface area contributed by atoms with Crippen molar-refractivity contribution in [2.24, 2.45) is 0 Å². The van der Waals surface area contributed by atoms with Gasteiger partial charge in [-0.25, -0.2) is 9.48 Å². The van der Waals surface area contributed by atoms with Crippen molar-refractivity contribution in [3.05, 3.63) is 36.6 Å². The van der Waals surface area contributed by atoms with Crippen molar-refractivity contribution in [3.63, 3.8) is 0 Å². The Balaban J connectivity index is 1.60. The number of nitrogens with one attached hydrogen (secondary N) is 2. The normalized spacial score (nSPS) is 12.2. The van der Waals surface area contributed by atoms with E-state index in [0.717, 1.165) is 5.56 Å². The molecule has 0 aliphatic heterocycles. The van der Waals surface area contributed by atoms with Gasteiger partial charge in [0.15, 0.2) is 5.82 Å². The highest BCUT2D eigenvalue weighted by atomic mass is 16.5. The maximum absolute atomic E-state index is 12.1. The van der Waals surface area contributed by atoms with E-state index in [9.17, 15) is 4.79 Å². The van der Waals surface area contributed by atoms with Gasteiger partial charge in [-0.05, 0) is 32.9 Å². The molecule has 0 aromatic carbocycles. The zero-order valence-corrected chi connectivity index (χ0v) is 14.0. The molecule has 1 atom stereocenters. The standard InChI is InChI=1S/C15H18N8O2/c1-9(2)23-8-12(20-22-23)18-15(24)17-10(3)14-19-13(21-25-14)11-5-4-6-16-7-11/h4-10H,1-3H3,(H2,17,18,24)/t10-/m0/s1. The average Bonchev–Trinajstić information content (AvgIpc) is 3.25. The number of anilines is 1. The van der Waals surface area contributed by atoms with Crippen LogP contribution in [0.1, 0.15) is 38.7 Å². The van der Waals surface area contributed by atoms with Gasteiger partial charge in [-0.3, -0.25) is 10.3 Å². The molecule has 0 saturated heterocycles. The molecular weight excluding hydrogens is 324 g/mol. The predicted molar refractivity (Wildman–Crippen MR) is 88.5 cm³/mol. The van der Waals surface area contributed by atoms with E-state index in [1.54, 1.807) is 36.3 Å². The van der Waals surface area contributed by atoms with Crippen LogP contribution in [0.3, 0.4) is 0 Å². The number of amides is 2. The Kier molecular flexibility index (Phi) is 4.68. The largest absolute Gasteiger partial charge is 0.337 e. The second-order valence-electron chi connectivity index (χ2n) is 5.70. The summed E-state index contributed by atoms with van der Waals surface area (Å²) in [5.74, 6) is 1.07. The van der Waals surface area contributed by atoms with Crippen LogP contribution in [0, 0.1) is 0 Å². The molecule has 0 radical (unpaired) electrons. The summed E-state index contributed by atoms with van der Waals surface area (Å²) in [7, 11) is 0. The van der Waals surface area contributed by atoms with Crippen LogP contribution in [-0.2, 0) is 0 Å². The monoisotopic (exact) mass is 342 g/mol. The molecular formula is C15H18N8O2. The molecule has 3 aromatic heterocycles. The van der Waals surface area contributed by atoms with Crippen molar-refractivity contribution in [1.29, 1.82) is 0 Å². The first-order valence-corrected chi connectivity index (χ1v) is 7.76. The number of carbonyl (C=O) groups excluding carboxylic acids is 1. The Hall–Kier alpha value is -3.30. The molecule has 3 aromatic rings. The maximum atomic E-state index is 12.1. The molecule has 2 amide bonds. The van der Waals surface area contributed by atoms with Gasteiger partial charge in [0.05, 0.1) is 6.20 Å². The minimum Gasteiger partial charge on any atom is -0.337 e. The Labute approximate surface area is 143 Å². The van der Waals surface area contributed by atoms with Gasteiger partial charge in [-0.1, -0.05) is 10.4 Å². The molecule has 0 aliphatic carbocycles. The Morgan fingerprint density at radius 2 is 2.16 bits per heavy atom. The molecule has 10 heteroatoms. The Morgan fingerprint density at radius 1 is 1.32 bits per heavy atom. The van der Waals surface area contributed by atoms with Crippen LogP contribution >= 0.6 is 0 Å².